The van der Waals surface area contributed by atoms with Crippen molar-refractivity contribution in [3.05, 3.63) is 92.7 Å². The number of aromatic nitrogens is 1. The summed E-state index contributed by atoms with van der Waals surface area (Å²) >= 11 is 18.1. The van der Waals surface area contributed by atoms with Gasteiger partial charge < -0.3 is 4.84 Å². The number of pyridine rings is 1. The van der Waals surface area contributed by atoms with Gasteiger partial charge in [-0.3, -0.25) is 4.98 Å². The molecular formula is C21H14Cl3F3N2O3S. The Bertz CT molecular complexity index is 1250. The molecule has 1 heterocycles. The van der Waals surface area contributed by atoms with E-state index in [1.54, 1.807) is 24.3 Å². The van der Waals surface area contributed by atoms with E-state index in [9.17, 15) is 21.6 Å². The Balaban J connectivity index is 1.97. The van der Waals surface area contributed by atoms with Crippen LogP contribution in [-0.2, 0) is 27.5 Å². The Labute approximate surface area is 202 Å². The van der Waals surface area contributed by atoms with Gasteiger partial charge in [0.1, 0.15) is 11.9 Å². The Morgan fingerprint density at radius 2 is 1.64 bits per heavy atom. The summed E-state index contributed by atoms with van der Waals surface area (Å²) in [5, 5.41) is 2.20. The molecule has 0 aliphatic heterocycles. The van der Waals surface area contributed by atoms with Gasteiger partial charge in [0.25, 0.3) is 0 Å². The van der Waals surface area contributed by atoms with Crippen LogP contribution in [-0.4, -0.2) is 19.6 Å². The molecule has 0 saturated carbocycles. The van der Waals surface area contributed by atoms with Crippen LogP contribution in [0.2, 0.25) is 15.1 Å². The summed E-state index contributed by atoms with van der Waals surface area (Å²) in [7, 11) is -4.20. The number of alkyl halides is 3. The third kappa shape index (κ3) is 5.97. The SMILES string of the molecule is O=S(=O)(c1ccccc1)[C@@H](/C=N\OCc1c(Cl)cccc1Cl)c1ncc(C(F)(F)F)cc1Cl. The molecule has 0 fully saturated rings. The van der Waals surface area contributed by atoms with E-state index in [-0.39, 0.29) is 17.2 Å². The standard InChI is InChI=1S/C21H14Cl3F3N2O3S/c22-16-7-4-8-17(23)15(16)12-32-29-11-19(33(30,31)14-5-2-1-3-6-14)20-18(24)9-13(10-28-20)21(25,26)27/h1-11,19H,12H2/b29-11-/t19-/m0/s1. The molecule has 3 aromatic rings. The predicted octanol–water partition coefficient (Wildman–Crippen LogP) is 6.78. The molecule has 2 aromatic carbocycles. The maximum absolute atomic E-state index is 13.2. The summed E-state index contributed by atoms with van der Waals surface area (Å²) in [4.78, 5) is 8.75. The van der Waals surface area contributed by atoms with Crippen molar-refractivity contribution in [1.29, 1.82) is 0 Å². The quantitative estimate of drug-likeness (QED) is 0.246. The molecular weight excluding hydrogens is 524 g/mol. The lowest BCUT2D eigenvalue weighted by atomic mass is 10.2. The van der Waals surface area contributed by atoms with Crippen molar-refractivity contribution in [1.82, 2.24) is 4.98 Å². The second kappa shape index (κ2) is 10.3. The maximum atomic E-state index is 13.2. The highest BCUT2D eigenvalue weighted by Gasteiger charge is 2.35. The molecule has 1 aromatic heterocycles. The zero-order chi connectivity index (χ0) is 24.2. The van der Waals surface area contributed by atoms with E-state index in [1.807, 2.05) is 0 Å². The number of halogens is 6. The van der Waals surface area contributed by atoms with Crippen LogP contribution in [0.3, 0.4) is 0 Å². The molecule has 0 aliphatic rings. The van der Waals surface area contributed by atoms with Crippen LogP contribution >= 0.6 is 34.8 Å². The molecule has 1 atom stereocenters. The number of hydrogen-bond acceptors (Lipinski definition) is 5. The lowest BCUT2D eigenvalue weighted by molar-refractivity contribution is -0.137. The second-order valence-electron chi connectivity index (χ2n) is 6.60. The van der Waals surface area contributed by atoms with Gasteiger partial charge >= 0.3 is 6.18 Å². The molecule has 0 bridgehead atoms. The molecule has 0 saturated heterocycles. The molecule has 0 unspecified atom stereocenters. The fraction of sp³-hybridized carbons (Fsp3) is 0.143. The van der Waals surface area contributed by atoms with Gasteiger partial charge in [0.15, 0.2) is 9.84 Å². The van der Waals surface area contributed by atoms with Gasteiger partial charge in [-0.25, -0.2) is 8.42 Å². The summed E-state index contributed by atoms with van der Waals surface area (Å²) in [6.45, 7) is -0.179. The third-order valence-corrected chi connectivity index (χ3v) is 7.37. The van der Waals surface area contributed by atoms with E-state index in [4.69, 9.17) is 39.6 Å². The van der Waals surface area contributed by atoms with E-state index < -0.39 is 31.8 Å². The maximum Gasteiger partial charge on any atom is 0.417 e. The molecule has 0 aliphatic carbocycles. The average molecular weight is 538 g/mol. The summed E-state index contributed by atoms with van der Waals surface area (Å²) in [5.41, 5.74) is -1.03. The van der Waals surface area contributed by atoms with Crippen molar-refractivity contribution in [2.24, 2.45) is 5.16 Å². The Morgan fingerprint density at radius 1 is 1.00 bits per heavy atom. The van der Waals surface area contributed by atoms with E-state index in [2.05, 4.69) is 10.1 Å². The smallest absolute Gasteiger partial charge is 0.391 e. The topological polar surface area (TPSA) is 68.6 Å². The van der Waals surface area contributed by atoms with Crippen molar-refractivity contribution >= 4 is 50.9 Å². The number of nitrogens with zero attached hydrogens (tertiary/aromatic N) is 2. The van der Waals surface area contributed by atoms with Crippen molar-refractivity contribution in [2.75, 3.05) is 0 Å². The summed E-state index contributed by atoms with van der Waals surface area (Å²) in [6, 6.07) is 12.7. The van der Waals surface area contributed by atoms with Crippen molar-refractivity contribution in [3.63, 3.8) is 0 Å². The van der Waals surface area contributed by atoms with Crippen molar-refractivity contribution < 1.29 is 26.4 Å². The zero-order valence-electron chi connectivity index (χ0n) is 16.4. The zero-order valence-corrected chi connectivity index (χ0v) is 19.5. The molecule has 12 heteroatoms. The molecule has 0 amide bonds. The van der Waals surface area contributed by atoms with Crippen LogP contribution in [0, 0.1) is 0 Å². The molecule has 174 valence electrons. The fourth-order valence-corrected chi connectivity index (χ4v) is 5.11. The summed E-state index contributed by atoms with van der Waals surface area (Å²) in [5.74, 6) is 0. The van der Waals surface area contributed by atoms with Gasteiger partial charge in [-0.1, -0.05) is 64.2 Å². The number of hydrogen-bond donors (Lipinski definition) is 0. The number of rotatable bonds is 7. The van der Waals surface area contributed by atoms with Gasteiger partial charge in [-0.05, 0) is 30.3 Å². The van der Waals surface area contributed by atoms with Gasteiger partial charge in [0.05, 0.1) is 27.4 Å². The predicted molar refractivity (Wildman–Crippen MR) is 120 cm³/mol. The first-order chi connectivity index (χ1) is 15.5. The molecule has 33 heavy (non-hydrogen) atoms. The average Bonchev–Trinajstić information content (AvgIpc) is 2.76. The van der Waals surface area contributed by atoms with Gasteiger partial charge in [-0.15, -0.1) is 0 Å². The van der Waals surface area contributed by atoms with Gasteiger partial charge in [0, 0.05) is 21.8 Å². The highest BCUT2D eigenvalue weighted by atomic mass is 35.5. The van der Waals surface area contributed by atoms with Crippen LogP contribution in [0.15, 0.2) is 70.8 Å². The van der Waals surface area contributed by atoms with Crippen molar-refractivity contribution in [2.45, 2.75) is 22.9 Å². The lowest BCUT2D eigenvalue weighted by Crippen LogP contribution is -2.18. The minimum atomic E-state index is -4.70. The molecule has 0 N–H and O–H groups in total. The van der Waals surface area contributed by atoms with Crippen LogP contribution in [0.4, 0.5) is 13.2 Å². The van der Waals surface area contributed by atoms with E-state index >= 15 is 0 Å². The highest BCUT2D eigenvalue weighted by Crippen LogP contribution is 2.35. The first kappa shape index (κ1) is 25.3. The Kier molecular flexibility index (Phi) is 7.89. The van der Waals surface area contributed by atoms with Crippen LogP contribution in [0.1, 0.15) is 22.1 Å². The van der Waals surface area contributed by atoms with Crippen LogP contribution in [0.25, 0.3) is 0 Å². The van der Waals surface area contributed by atoms with E-state index in [1.165, 1.54) is 24.3 Å². The fourth-order valence-electron chi connectivity index (χ4n) is 2.74. The highest BCUT2D eigenvalue weighted by molar-refractivity contribution is 7.92. The first-order valence-corrected chi connectivity index (χ1v) is 11.8. The minimum absolute atomic E-state index is 0.103. The molecule has 0 radical (unpaired) electrons. The largest absolute Gasteiger partial charge is 0.417 e. The summed E-state index contributed by atoms with van der Waals surface area (Å²) < 4.78 is 65.4. The Morgan fingerprint density at radius 3 is 2.21 bits per heavy atom. The normalized spacial score (nSPS) is 13.3. The van der Waals surface area contributed by atoms with E-state index in [0.29, 0.717) is 27.9 Å². The summed E-state index contributed by atoms with van der Waals surface area (Å²) in [6.07, 6.45) is -3.30. The monoisotopic (exact) mass is 536 g/mol. The number of benzene rings is 2. The van der Waals surface area contributed by atoms with Gasteiger partial charge in [0.2, 0.25) is 0 Å². The van der Waals surface area contributed by atoms with Crippen LogP contribution in [0.5, 0.6) is 0 Å². The second-order valence-corrected chi connectivity index (χ2v) is 9.89. The molecule has 0 spiro atoms. The van der Waals surface area contributed by atoms with Gasteiger partial charge in [-0.2, -0.15) is 13.2 Å². The Hall–Kier alpha value is -2.33. The molecule has 5 nitrogen and oxygen atoms in total. The first-order valence-electron chi connectivity index (χ1n) is 9.11. The lowest BCUT2D eigenvalue weighted by Gasteiger charge is -2.16. The van der Waals surface area contributed by atoms with Crippen molar-refractivity contribution in [3.8, 4) is 0 Å². The van der Waals surface area contributed by atoms with Crippen LogP contribution < -0.4 is 0 Å². The number of oxime groups is 1. The molecule has 3 rings (SSSR count). The minimum Gasteiger partial charge on any atom is -0.391 e. The number of sulfone groups is 1. The third-order valence-electron chi connectivity index (χ3n) is 4.41. The van der Waals surface area contributed by atoms with E-state index in [0.717, 1.165) is 6.21 Å².